The molecule has 25 heavy (non-hydrogen) atoms. The van der Waals surface area contributed by atoms with Crippen LogP contribution in [-0.4, -0.2) is 5.91 Å². The summed E-state index contributed by atoms with van der Waals surface area (Å²) in [6.07, 6.45) is 0. The molecule has 0 unspecified atom stereocenters. The fraction of sp³-hybridized carbons (Fsp3) is 0.105. The first-order valence-corrected chi connectivity index (χ1v) is 8.47. The molecule has 6 heteroatoms. The van der Waals surface area contributed by atoms with Crippen molar-refractivity contribution < 1.29 is 9.21 Å². The fourth-order valence-corrected chi connectivity index (χ4v) is 2.66. The number of nitrogens with one attached hydrogen (secondary N) is 1. The Kier molecular flexibility index (Phi) is 5.53. The predicted octanol–water partition coefficient (Wildman–Crippen LogP) is 4.91. The number of halogens is 1. The minimum Gasteiger partial charge on any atom is -0.451 e. The Hall–Kier alpha value is -2.57. The number of benzene rings is 2. The number of carbonyl (C=O) groups excluding carboxylic acids is 1. The quantitative estimate of drug-likeness (QED) is 0.598. The van der Waals surface area contributed by atoms with Gasteiger partial charge < -0.3 is 9.73 Å². The number of carbonyl (C=O) groups is 1. The highest BCUT2D eigenvalue weighted by molar-refractivity contribution is 9.10. The van der Waals surface area contributed by atoms with Crippen molar-refractivity contribution in [3.63, 3.8) is 0 Å². The Bertz CT molecular complexity index is 870. The molecular formula is C19H15BrN2O3. The molecule has 1 amide bonds. The Balaban J connectivity index is 1.58. The highest BCUT2D eigenvalue weighted by atomic mass is 79.9. The van der Waals surface area contributed by atoms with E-state index in [0.717, 1.165) is 28.7 Å². The average molecular weight is 399 g/mol. The Morgan fingerprint density at radius 2 is 1.52 bits per heavy atom. The second kappa shape index (κ2) is 8.00. The number of rotatable bonds is 6. The summed E-state index contributed by atoms with van der Waals surface area (Å²) in [5, 5.41) is 5.74. The zero-order chi connectivity index (χ0) is 17.6. The van der Waals surface area contributed by atoms with Crippen LogP contribution in [0.3, 0.4) is 0 Å². The monoisotopic (exact) mass is 398 g/mol. The Labute approximate surface area is 153 Å². The van der Waals surface area contributed by atoms with Crippen LogP contribution in [0.15, 0.2) is 74.7 Å². The number of nitroso groups, excluding NO2 is 1. The molecule has 2 aromatic carbocycles. The van der Waals surface area contributed by atoms with E-state index < -0.39 is 5.91 Å². The van der Waals surface area contributed by atoms with Gasteiger partial charge in [0.2, 0.25) is 0 Å². The van der Waals surface area contributed by atoms with E-state index in [2.05, 4.69) is 38.6 Å². The third kappa shape index (κ3) is 4.49. The van der Waals surface area contributed by atoms with E-state index in [1.54, 1.807) is 6.07 Å². The lowest BCUT2D eigenvalue weighted by molar-refractivity contribution is 0.0975. The van der Waals surface area contributed by atoms with Gasteiger partial charge in [0.1, 0.15) is 5.76 Å². The van der Waals surface area contributed by atoms with Crippen molar-refractivity contribution in [3.8, 4) is 11.3 Å². The van der Waals surface area contributed by atoms with Gasteiger partial charge in [-0.3, -0.25) is 4.79 Å². The molecule has 1 aromatic heterocycles. The van der Waals surface area contributed by atoms with E-state index >= 15 is 0 Å². The lowest BCUT2D eigenvalue weighted by atomic mass is 10.1. The maximum atomic E-state index is 11.2. The van der Waals surface area contributed by atoms with Gasteiger partial charge in [-0.25, -0.2) is 0 Å². The van der Waals surface area contributed by atoms with Crippen molar-refractivity contribution in [1.82, 2.24) is 5.32 Å². The lowest BCUT2D eigenvalue weighted by Gasteiger charge is -2.06. The molecule has 3 aromatic rings. The van der Waals surface area contributed by atoms with E-state index in [1.165, 1.54) is 11.6 Å². The largest absolute Gasteiger partial charge is 0.451 e. The normalized spacial score (nSPS) is 10.6. The first-order chi connectivity index (χ1) is 12.2. The Morgan fingerprint density at radius 1 is 0.920 bits per heavy atom. The van der Waals surface area contributed by atoms with Crippen LogP contribution in [0.25, 0.3) is 11.3 Å². The van der Waals surface area contributed by atoms with Crippen LogP contribution in [-0.2, 0) is 13.1 Å². The topological polar surface area (TPSA) is 71.7 Å². The third-order valence-electron chi connectivity index (χ3n) is 3.71. The maximum Gasteiger partial charge on any atom is 0.351 e. The average Bonchev–Trinajstić information content (AvgIpc) is 3.13. The summed E-state index contributed by atoms with van der Waals surface area (Å²) in [5.41, 5.74) is 3.19. The Morgan fingerprint density at radius 3 is 2.12 bits per heavy atom. The minimum absolute atomic E-state index is 0.0507. The molecule has 0 aliphatic heterocycles. The summed E-state index contributed by atoms with van der Waals surface area (Å²) < 4.78 is 6.42. The van der Waals surface area contributed by atoms with Gasteiger partial charge in [-0.05, 0) is 35.4 Å². The molecule has 3 rings (SSSR count). The highest BCUT2D eigenvalue weighted by Gasteiger charge is 2.12. The lowest BCUT2D eigenvalue weighted by Crippen LogP contribution is -2.12. The first kappa shape index (κ1) is 17.3. The van der Waals surface area contributed by atoms with E-state index in [0.29, 0.717) is 5.76 Å². The van der Waals surface area contributed by atoms with Gasteiger partial charge in [0, 0.05) is 28.3 Å². The van der Waals surface area contributed by atoms with Crippen molar-refractivity contribution >= 4 is 21.8 Å². The second-order valence-corrected chi connectivity index (χ2v) is 6.40. The number of nitrogens with zero attached hydrogens (tertiary/aromatic N) is 1. The summed E-state index contributed by atoms with van der Waals surface area (Å²) in [6, 6.07) is 19.1. The zero-order valence-corrected chi connectivity index (χ0v) is 14.8. The maximum absolute atomic E-state index is 11.2. The zero-order valence-electron chi connectivity index (χ0n) is 13.2. The summed E-state index contributed by atoms with van der Waals surface area (Å²) in [4.78, 5) is 21.4. The van der Waals surface area contributed by atoms with Crippen molar-refractivity contribution in [1.29, 1.82) is 0 Å². The summed E-state index contributed by atoms with van der Waals surface area (Å²) in [5.74, 6) is -0.424. The van der Waals surface area contributed by atoms with Crippen molar-refractivity contribution in [3.05, 3.63) is 86.9 Å². The standard InChI is InChI=1S/C19H15BrN2O3/c20-16-7-3-14(4-8-16)12-21-11-13-1-5-15(6-2-13)17-9-10-18(25-17)19(23)22-24/h1-10,21H,11-12H2. The molecule has 0 radical (unpaired) electrons. The van der Waals surface area contributed by atoms with Crippen LogP contribution in [0.5, 0.6) is 0 Å². The molecule has 1 N–H and O–H groups in total. The van der Waals surface area contributed by atoms with Gasteiger partial charge in [0.25, 0.3) is 0 Å². The predicted molar refractivity (Wildman–Crippen MR) is 99.0 cm³/mol. The van der Waals surface area contributed by atoms with Crippen LogP contribution in [0.2, 0.25) is 0 Å². The molecule has 126 valence electrons. The van der Waals surface area contributed by atoms with E-state index in [-0.39, 0.29) is 5.76 Å². The fourth-order valence-electron chi connectivity index (χ4n) is 2.39. The van der Waals surface area contributed by atoms with Crippen LogP contribution >= 0.6 is 15.9 Å². The highest BCUT2D eigenvalue weighted by Crippen LogP contribution is 2.23. The molecule has 1 heterocycles. The molecule has 0 saturated carbocycles. The molecule has 0 aliphatic rings. The molecule has 0 fully saturated rings. The van der Waals surface area contributed by atoms with E-state index in [9.17, 15) is 9.70 Å². The van der Waals surface area contributed by atoms with E-state index in [1.807, 2.05) is 36.4 Å². The first-order valence-electron chi connectivity index (χ1n) is 7.68. The van der Waals surface area contributed by atoms with Crippen LogP contribution in [0.4, 0.5) is 0 Å². The van der Waals surface area contributed by atoms with Gasteiger partial charge in [-0.2, -0.15) is 0 Å². The molecule has 0 bridgehead atoms. The van der Waals surface area contributed by atoms with E-state index in [4.69, 9.17) is 4.42 Å². The summed E-state index contributed by atoms with van der Waals surface area (Å²) >= 11 is 3.42. The minimum atomic E-state index is -0.903. The van der Waals surface area contributed by atoms with Crippen LogP contribution in [0, 0.1) is 4.91 Å². The molecular weight excluding hydrogens is 384 g/mol. The number of furan rings is 1. The molecule has 0 aliphatic carbocycles. The van der Waals surface area contributed by atoms with Gasteiger partial charge in [-0.1, -0.05) is 52.3 Å². The molecule has 0 saturated heterocycles. The second-order valence-electron chi connectivity index (χ2n) is 5.49. The van der Waals surface area contributed by atoms with Crippen LogP contribution < -0.4 is 5.32 Å². The van der Waals surface area contributed by atoms with Crippen LogP contribution in [0.1, 0.15) is 21.7 Å². The van der Waals surface area contributed by atoms with Crippen molar-refractivity contribution in [2.45, 2.75) is 13.1 Å². The van der Waals surface area contributed by atoms with Crippen molar-refractivity contribution in [2.75, 3.05) is 0 Å². The number of hydrogen-bond donors (Lipinski definition) is 1. The smallest absolute Gasteiger partial charge is 0.351 e. The third-order valence-corrected chi connectivity index (χ3v) is 4.24. The van der Waals surface area contributed by atoms with Gasteiger partial charge in [-0.15, -0.1) is 4.91 Å². The molecule has 0 atom stereocenters. The summed E-state index contributed by atoms with van der Waals surface area (Å²) in [6.45, 7) is 1.53. The SMILES string of the molecule is O=NC(=O)c1ccc(-c2ccc(CNCc3ccc(Br)cc3)cc2)o1. The van der Waals surface area contributed by atoms with Gasteiger partial charge in [0.05, 0.1) is 0 Å². The number of amides is 1. The molecule has 0 spiro atoms. The van der Waals surface area contributed by atoms with Gasteiger partial charge >= 0.3 is 5.91 Å². The van der Waals surface area contributed by atoms with Gasteiger partial charge in [0.15, 0.2) is 5.76 Å². The molecule has 5 nitrogen and oxygen atoms in total. The number of hydrogen-bond acceptors (Lipinski definition) is 4. The summed E-state index contributed by atoms with van der Waals surface area (Å²) in [7, 11) is 0. The van der Waals surface area contributed by atoms with Crippen molar-refractivity contribution in [2.24, 2.45) is 5.18 Å².